The summed E-state index contributed by atoms with van der Waals surface area (Å²) in [5, 5.41) is 2.62. The molecule has 82 valence electrons. The molecule has 1 nitrogen and oxygen atoms in total. The molecule has 0 aliphatic carbocycles. The van der Waals surface area contributed by atoms with Crippen molar-refractivity contribution >= 4 is 10.8 Å². The van der Waals surface area contributed by atoms with Crippen molar-refractivity contribution in [3.8, 4) is 0 Å². The molecule has 0 unspecified atom stereocenters. The van der Waals surface area contributed by atoms with Crippen LogP contribution in [0.1, 0.15) is 0 Å². The highest BCUT2D eigenvalue weighted by atomic mass is 35.5. The molecule has 2 rings (SSSR count). The molecule has 0 atom stereocenters. The van der Waals surface area contributed by atoms with Crippen LogP contribution < -0.4 is 17.3 Å². The van der Waals surface area contributed by atoms with Gasteiger partial charge in [0.2, 0.25) is 0 Å². The molecule has 0 bridgehead atoms. The lowest BCUT2D eigenvalue weighted by Gasteiger charge is -1.92. The Morgan fingerprint density at radius 3 is 1.07 bits per heavy atom. The minimum absolute atomic E-state index is 0. The van der Waals surface area contributed by atoms with Gasteiger partial charge in [0.25, 0.3) is 0 Å². The molecule has 0 spiro atoms. The molecule has 1 N–H and O–H groups in total. The number of benzene rings is 2. The number of fused-ring (bicyclic) bond motifs is 1. The summed E-state index contributed by atoms with van der Waals surface area (Å²) >= 11 is 0. The van der Waals surface area contributed by atoms with Crippen molar-refractivity contribution in [3.63, 3.8) is 0 Å². The van der Waals surface area contributed by atoms with Gasteiger partial charge in [0.15, 0.2) is 0 Å². The molecule has 0 aliphatic heterocycles. The Balaban J connectivity index is 0.000000346. The van der Waals surface area contributed by atoms with Crippen molar-refractivity contribution < 1.29 is 17.3 Å². The smallest absolute Gasteiger partial charge is 0.0661 e. The molecule has 2 aromatic rings. The van der Waals surface area contributed by atoms with Crippen LogP contribution in [0.15, 0.2) is 48.5 Å². The van der Waals surface area contributed by atoms with Gasteiger partial charge < -0.3 is 17.3 Å². The number of halogens is 1. The van der Waals surface area contributed by atoms with E-state index in [1.54, 1.807) is 0 Å². The van der Waals surface area contributed by atoms with E-state index < -0.39 is 0 Å². The summed E-state index contributed by atoms with van der Waals surface area (Å²) in [7, 11) is 6.25. The van der Waals surface area contributed by atoms with E-state index in [0.29, 0.717) is 0 Å². The van der Waals surface area contributed by atoms with Crippen LogP contribution in [0.2, 0.25) is 0 Å². The summed E-state index contributed by atoms with van der Waals surface area (Å²) in [6, 6.07) is 16.7. The third-order valence-electron chi connectivity index (χ3n) is 1.66. The maximum Gasteiger partial charge on any atom is 0.0661 e. The zero-order chi connectivity index (χ0) is 10.4. The maximum absolute atomic E-state index is 2.12. The highest BCUT2D eigenvalue weighted by Crippen LogP contribution is 2.11. The number of rotatable bonds is 0. The summed E-state index contributed by atoms with van der Waals surface area (Å²) in [5.74, 6) is 0. The fourth-order valence-corrected chi connectivity index (χ4v) is 1.13. The monoisotopic (exact) mass is 223 g/mol. The van der Waals surface area contributed by atoms with Gasteiger partial charge in [-0.05, 0) is 10.8 Å². The zero-order valence-corrected chi connectivity index (χ0v) is 10.3. The van der Waals surface area contributed by atoms with E-state index in [1.807, 2.05) is 0 Å². The summed E-state index contributed by atoms with van der Waals surface area (Å²) in [6.45, 7) is 0. The average molecular weight is 224 g/mol. The van der Waals surface area contributed by atoms with Crippen molar-refractivity contribution in [3.05, 3.63) is 48.5 Å². The van der Waals surface area contributed by atoms with Crippen LogP contribution >= 0.6 is 0 Å². The Morgan fingerprint density at radius 1 is 0.667 bits per heavy atom. The van der Waals surface area contributed by atoms with Crippen molar-refractivity contribution in [1.29, 1.82) is 0 Å². The molecule has 0 saturated heterocycles. The van der Waals surface area contributed by atoms with E-state index in [-0.39, 0.29) is 12.4 Å². The molecule has 0 heterocycles. The summed E-state index contributed by atoms with van der Waals surface area (Å²) in [6.07, 6.45) is 0. The summed E-state index contributed by atoms with van der Waals surface area (Å²) < 4.78 is 0. The van der Waals surface area contributed by atoms with Gasteiger partial charge in [0.05, 0.1) is 21.1 Å². The van der Waals surface area contributed by atoms with Gasteiger partial charge in [-0.3, -0.25) is 0 Å². The van der Waals surface area contributed by atoms with Gasteiger partial charge in [0.1, 0.15) is 0 Å². The molecule has 0 radical (unpaired) electrons. The second-order valence-corrected chi connectivity index (χ2v) is 3.85. The second kappa shape index (κ2) is 7.27. The van der Waals surface area contributed by atoms with Crippen LogP contribution in [-0.4, -0.2) is 21.1 Å². The maximum atomic E-state index is 2.12. The molecule has 2 heteroatoms. The van der Waals surface area contributed by atoms with Crippen molar-refractivity contribution in [2.24, 2.45) is 0 Å². The lowest BCUT2D eigenvalue weighted by Crippen LogP contribution is -3.02. The van der Waals surface area contributed by atoms with Crippen LogP contribution in [0.25, 0.3) is 10.8 Å². The molecule has 2 aromatic carbocycles. The normalized spacial score (nSPS) is 9.07. The SMILES string of the molecule is C[NH+](C)C.[Cl-].c1ccc2ccccc2c1. The first-order valence-corrected chi connectivity index (χ1v) is 4.90. The van der Waals surface area contributed by atoms with E-state index in [1.165, 1.54) is 15.7 Å². The molecule has 0 saturated carbocycles. The molecule has 0 fully saturated rings. The Labute approximate surface area is 98.1 Å². The van der Waals surface area contributed by atoms with Crippen molar-refractivity contribution in [2.75, 3.05) is 21.1 Å². The Bertz CT molecular complexity index is 317. The number of quaternary nitrogens is 1. The van der Waals surface area contributed by atoms with E-state index in [4.69, 9.17) is 0 Å². The minimum Gasteiger partial charge on any atom is -1.00 e. The van der Waals surface area contributed by atoms with Crippen LogP contribution in [-0.2, 0) is 0 Å². The van der Waals surface area contributed by atoms with Crippen LogP contribution in [0.5, 0.6) is 0 Å². The molecular formula is C13H18ClN. The minimum atomic E-state index is 0. The highest BCUT2D eigenvalue weighted by Gasteiger charge is 1.85. The average Bonchev–Trinajstić information content (AvgIpc) is 2.17. The predicted octanol–water partition coefficient (Wildman–Crippen LogP) is -1.40. The zero-order valence-electron chi connectivity index (χ0n) is 9.50. The Morgan fingerprint density at radius 2 is 0.867 bits per heavy atom. The Kier molecular flexibility index (Phi) is 6.76. The van der Waals surface area contributed by atoms with Crippen molar-refractivity contribution in [1.82, 2.24) is 0 Å². The van der Waals surface area contributed by atoms with Gasteiger partial charge in [0, 0.05) is 0 Å². The van der Waals surface area contributed by atoms with Crippen molar-refractivity contribution in [2.45, 2.75) is 0 Å². The number of nitrogens with one attached hydrogen (secondary N) is 1. The lowest BCUT2D eigenvalue weighted by molar-refractivity contribution is -0.836. The van der Waals surface area contributed by atoms with E-state index in [9.17, 15) is 0 Å². The van der Waals surface area contributed by atoms with Crippen LogP contribution in [0, 0.1) is 0 Å². The standard InChI is InChI=1S/C10H8.C3H9N.ClH/c1-2-6-10-8-4-3-7-9(10)5-1;1-4(2)3;/h1-8H;1-3H3;1H. The molecular weight excluding hydrogens is 206 g/mol. The van der Waals surface area contributed by atoms with E-state index >= 15 is 0 Å². The van der Waals surface area contributed by atoms with Gasteiger partial charge >= 0.3 is 0 Å². The summed E-state index contributed by atoms with van der Waals surface area (Å²) in [5.41, 5.74) is 0. The van der Waals surface area contributed by atoms with Crippen LogP contribution in [0.3, 0.4) is 0 Å². The van der Waals surface area contributed by atoms with Gasteiger partial charge in [-0.15, -0.1) is 0 Å². The van der Waals surface area contributed by atoms with Crippen LogP contribution in [0.4, 0.5) is 0 Å². The number of hydrogen-bond acceptors (Lipinski definition) is 0. The Hall–Kier alpha value is -1.05. The van der Waals surface area contributed by atoms with E-state index in [0.717, 1.165) is 0 Å². The second-order valence-electron chi connectivity index (χ2n) is 3.85. The third-order valence-corrected chi connectivity index (χ3v) is 1.66. The first-order chi connectivity index (χ1) is 6.70. The van der Waals surface area contributed by atoms with Gasteiger partial charge in [-0.1, -0.05) is 48.5 Å². The lowest BCUT2D eigenvalue weighted by atomic mass is 10.1. The topological polar surface area (TPSA) is 4.44 Å². The highest BCUT2D eigenvalue weighted by molar-refractivity contribution is 5.81. The predicted molar refractivity (Wildman–Crippen MR) is 62.7 cm³/mol. The number of hydrogen-bond donors (Lipinski definition) is 1. The quantitative estimate of drug-likeness (QED) is 0.561. The fraction of sp³-hybridized carbons (Fsp3) is 0.231. The molecule has 0 aromatic heterocycles. The van der Waals surface area contributed by atoms with Gasteiger partial charge in [-0.2, -0.15) is 0 Å². The first kappa shape index (κ1) is 13.9. The van der Waals surface area contributed by atoms with E-state index in [2.05, 4.69) is 69.7 Å². The third kappa shape index (κ3) is 5.40. The molecule has 0 amide bonds. The van der Waals surface area contributed by atoms with Gasteiger partial charge in [-0.25, -0.2) is 0 Å². The fourth-order valence-electron chi connectivity index (χ4n) is 1.13. The first-order valence-electron chi connectivity index (χ1n) is 4.90. The molecule has 15 heavy (non-hydrogen) atoms. The summed E-state index contributed by atoms with van der Waals surface area (Å²) in [4.78, 5) is 1.42. The largest absolute Gasteiger partial charge is 1.00 e. The molecule has 0 aliphatic rings.